The van der Waals surface area contributed by atoms with Crippen LogP contribution in [0.3, 0.4) is 0 Å². The van der Waals surface area contributed by atoms with Crippen LogP contribution in [0.2, 0.25) is 0 Å². The number of hydrogen-bond acceptors (Lipinski definition) is 4. The van der Waals surface area contributed by atoms with Crippen molar-refractivity contribution < 1.29 is 4.39 Å². The summed E-state index contributed by atoms with van der Waals surface area (Å²) in [6.07, 6.45) is 5.70. The van der Waals surface area contributed by atoms with E-state index in [2.05, 4.69) is 47.0 Å². The zero-order chi connectivity index (χ0) is 18.4. The summed E-state index contributed by atoms with van der Waals surface area (Å²) in [6, 6.07) is 3.47. The van der Waals surface area contributed by atoms with Gasteiger partial charge in [-0.05, 0) is 36.0 Å². The van der Waals surface area contributed by atoms with Crippen molar-refractivity contribution in [3.05, 3.63) is 59.2 Å². The molecule has 0 fully saturated rings. The molecule has 134 valence electrons. The molecular weight excluding hydrogens is 331 g/mol. The quantitative estimate of drug-likeness (QED) is 0.562. The second-order valence-corrected chi connectivity index (χ2v) is 7.14. The molecule has 6 nitrogen and oxygen atoms in total. The van der Waals surface area contributed by atoms with E-state index in [9.17, 15) is 4.39 Å². The Morgan fingerprint density at radius 2 is 1.81 bits per heavy atom. The summed E-state index contributed by atoms with van der Waals surface area (Å²) in [5.74, 6) is 0.775. The number of fused-ring (bicyclic) bond motifs is 2. The summed E-state index contributed by atoms with van der Waals surface area (Å²) in [6.45, 7) is 8.39. The summed E-state index contributed by atoms with van der Waals surface area (Å²) < 4.78 is 17.8. The zero-order valence-corrected chi connectivity index (χ0v) is 15.3. The highest BCUT2D eigenvalue weighted by Crippen LogP contribution is 2.24. The normalized spacial score (nSPS) is 13.2. The van der Waals surface area contributed by atoms with E-state index in [-0.39, 0.29) is 11.7 Å². The lowest BCUT2D eigenvalue weighted by Crippen LogP contribution is -2.05. The van der Waals surface area contributed by atoms with Crippen molar-refractivity contribution in [3.63, 3.8) is 0 Å². The maximum absolute atomic E-state index is 14.4. The zero-order valence-electron chi connectivity index (χ0n) is 15.3. The van der Waals surface area contributed by atoms with Crippen LogP contribution in [-0.4, -0.2) is 29.2 Å². The smallest absolute Gasteiger partial charge is 0.158 e. The first kappa shape index (κ1) is 16.6. The Bertz CT molecular complexity index is 1090. The SMILES string of the molecule is Cc1cc2nc(CC(C)c3cn4ncnc4cc3F)nn2cc1C(C)C. The van der Waals surface area contributed by atoms with Crippen molar-refractivity contribution in [2.45, 2.75) is 46.0 Å². The molecule has 1 atom stereocenters. The summed E-state index contributed by atoms with van der Waals surface area (Å²) >= 11 is 0. The molecule has 0 amide bonds. The largest absolute Gasteiger partial charge is 0.221 e. The van der Waals surface area contributed by atoms with Gasteiger partial charge in [0.05, 0.1) is 0 Å². The number of rotatable bonds is 4. The fourth-order valence-corrected chi connectivity index (χ4v) is 3.37. The molecule has 0 spiro atoms. The molecule has 7 heteroatoms. The van der Waals surface area contributed by atoms with Gasteiger partial charge in [0.2, 0.25) is 0 Å². The van der Waals surface area contributed by atoms with Crippen LogP contribution in [0.25, 0.3) is 11.3 Å². The van der Waals surface area contributed by atoms with E-state index in [0.717, 1.165) is 5.65 Å². The summed E-state index contributed by atoms with van der Waals surface area (Å²) in [5, 5.41) is 8.68. The van der Waals surface area contributed by atoms with Gasteiger partial charge in [0.25, 0.3) is 0 Å². The lowest BCUT2D eigenvalue weighted by atomic mass is 9.99. The minimum Gasteiger partial charge on any atom is -0.221 e. The number of aromatic nitrogens is 6. The second kappa shape index (κ2) is 6.16. The number of aryl methyl sites for hydroxylation is 1. The van der Waals surface area contributed by atoms with E-state index in [4.69, 9.17) is 0 Å². The molecule has 4 aromatic rings. The van der Waals surface area contributed by atoms with Gasteiger partial charge in [-0.15, -0.1) is 0 Å². The average molecular weight is 352 g/mol. The van der Waals surface area contributed by atoms with Crippen LogP contribution < -0.4 is 0 Å². The van der Waals surface area contributed by atoms with E-state index in [1.807, 2.05) is 17.6 Å². The Labute approximate surface area is 150 Å². The number of nitrogens with zero attached hydrogens (tertiary/aromatic N) is 6. The van der Waals surface area contributed by atoms with Crippen molar-refractivity contribution in [3.8, 4) is 0 Å². The average Bonchev–Trinajstić information content (AvgIpc) is 3.18. The van der Waals surface area contributed by atoms with Crippen molar-refractivity contribution in [2.24, 2.45) is 0 Å². The molecule has 4 rings (SSSR count). The Balaban J connectivity index is 1.66. The minimum absolute atomic E-state index is 0.0771. The highest BCUT2D eigenvalue weighted by atomic mass is 19.1. The van der Waals surface area contributed by atoms with Gasteiger partial charge >= 0.3 is 0 Å². The minimum atomic E-state index is -0.278. The molecule has 26 heavy (non-hydrogen) atoms. The molecule has 0 aliphatic carbocycles. The highest BCUT2D eigenvalue weighted by Gasteiger charge is 2.17. The topological polar surface area (TPSA) is 60.4 Å². The van der Waals surface area contributed by atoms with E-state index in [1.54, 1.807) is 10.7 Å². The maximum Gasteiger partial charge on any atom is 0.158 e. The molecule has 0 N–H and O–H groups in total. The standard InChI is InChI=1S/C19H21FN6/c1-11(2)14-8-26-19(6-13(14)4)23-17(24-26)5-12(3)15-9-25-18(7-16(15)20)21-10-22-25/h6-12H,5H2,1-4H3. The molecule has 0 aliphatic rings. The molecule has 0 aromatic carbocycles. The Hall–Kier alpha value is -2.83. The van der Waals surface area contributed by atoms with Crippen LogP contribution in [0.4, 0.5) is 4.39 Å². The van der Waals surface area contributed by atoms with Crippen LogP contribution in [0.5, 0.6) is 0 Å². The molecule has 4 aromatic heterocycles. The number of hydrogen-bond donors (Lipinski definition) is 0. The molecule has 0 radical (unpaired) electrons. The van der Waals surface area contributed by atoms with Crippen LogP contribution >= 0.6 is 0 Å². The van der Waals surface area contributed by atoms with Crippen LogP contribution in [0, 0.1) is 12.7 Å². The van der Waals surface area contributed by atoms with Gasteiger partial charge in [-0.3, -0.25) is 0 Å². The lowest BCUT2D eigenvalue weighted by Gasteiger charge is -2.11. The first-order valence-electron chi connectivity index (χ1n) is 8.77. The van der Waals surface area contributed by atoms with Crippen molar-refractivity contribution in [1.29, 1.82) is 0 Å². The second-order valence-electron chi connectivity index (χ2n) is 7.14. The van der Waals surface area contributed by atoms with Gasteiger partial charge in [-0.25, -0.2) is 23.4 Å². The first-order valence-corrected chi connectivity index (χ1v) is 8.77. The van der Waals surface area contributed by atoms with Crippen LogP contribution in [-0.2, 0) is 6.42 Å². The number of halogens is 1. The fourth-order valence-electron chi connectivity index (χ4n) is 3.37. The first-order chi connectivity index (χ1) is 12.4. The van der Waals surface area contributed by atoms with Gasteiger partial charge in [-0.1, -0.05) is 20.8 Å². The molecule has 0 saturated carbocycles. The summed E-state index contributed by atoms with van der Waals surface area (Å²) in [7, 11) is 0. The maximum atomic E-state index is 14.4. The van der Waals surface area contributed by atoms with Crippen molar-refractivity contribution >= 4 is 11.3 Å². The van der Waals surface area contributed by atoms with E-state index >= 15 is 0 Å². The van der Waals surface area contributed by atoms with Gasteiger partial charge in [-0.2, -0.15) is 10.2 Å². The van der Waals surface area contributed by atoms with Crippen LogP contribution in [0.15, 0.2) is 30.9 Å². The fraction of sp³-hybridized carbons (Fsp3) is 0.368. The van der Waals surface area contributed by atoms with Gasteiger partial charge in [0.15, 0.2) is 17.1 Å². The summed E-state index contributed by atoms with van der Waals surface area (Å²) in [5.41, 5.74) is 4.37. The molecule has 1 unspecified atom stereocenters. The lowest BCUT2D eigenvalue weighted by molar-refractivity contribution is 0.578. The molecule has 4 heterocycles. The predicted octanol–water partition coefficient (Wildman–Crippen LogP) is 3.69. The van der Waals surface area contributed by atoms with Gasteiger partial charge in [0, 0.05) is 30.4 Å². The molecule has 0 bridgehead atoms. The number of pyridine rings is 2. The molecule has 0 aliphatic heterocycles. The van der Waals surface area contributed by atoms with Gasteiger partial charge < -0.3 is 0 Å². The van der Waals surface area contributed by atoms with E-state index in [1.165, 1.54) is 23.5 Å². The Kier molecular flexibility index (Phi) is 3.94. The Morgan fingerprint density at radius 1 is 1.04 bits per heavy atom. The van der Waals surface area contributed by atoms with Crippen molar-refractivity contribution in [2.75, 3.05) is 0 Å². The van der Waals surface area contributed by atoms with E-state index < -0.39 is 0 Å². The van der Waals surface area contributed by atoms with Gasteiger partial charge in [0.1, 0.15) is 12.1 Å². The molecule has 0 saturated heterocycles. The highest BCUT2D eigenvalue weighted by molar-refractivity contribution is 5.44. The third-order valence-corrected chi connectivity index (χ3v) is 4.80. The van der Waals surface area contributed by atoms with E-state index in [0.29, 0.717) is 29.4 Å². The van der Waals surface area contributed by atoms with Crippen LogP contribution in [0.1, 0.15) is 55.1 Å². The third kappa shape index (κ3) is 2.83. The monoisotopic (exact) mass is 352 g/mol. The van der Waals surface area contributed by atoms with Crippen molar-refractivity contribution in [1.82, 2.24) is 29.2 Å². The molecular formula is C19H21FN6. The third-order valence-electron chi connectivity index (χ3n) is 4.80. The summed E-state index contributed by atoms with van der Waals surface area (Å²) in [4.78, 5) is 8.62. The Morgan fingerprint density at radius 3 is 2.58 bits per heavy atom. The predicted molar refractivity (Wildman–Crippen MR) is 96.9 cm³/mol.